The van der Waals surface area contributed by atoms with E-state index in [1.807, 2.05) is 0 Å². The first-order valence-corrected chi connectivity index (χ1v) is 6.94. The third-order valence-electron chi connectivity index (χ3n) is 2.58. The number of H-pyrrole nitrogens is 1. The second kappa shape index (κ2) is 7.24. The molecule has 1 aromatic rings. The number of nitrogens with one attached hydrogen (secondary N) is 1. The lowest BCUT2D eigenvalue weighted by Gasteiger charge is -2.24. The number of aliphatic carboxylic acids is 1. The van der Waals surface area contributed by atoms with Crippen molar-refractivity contribution in [1.82, 2.24) is 9.66 Å². The molecule has 0 bridgehead atoms. The van der Waals surface area contributed by atoms with Gasteiger partial charge in [0.05, 0.1) is 12.7 Å². The molecule has 1 heterocycles. The van der Waals surface area contributed by atoms with Crippen molar-refractivity contribution < 1.29 is 24.9 Å². The fraction of sp³-hybridized carbons (Fsp3) is 0.500. The molecule has 1 aromatic heterocycles. The van der Waals surface area contributed by atoms with Crippen molar-refractivity contribution in [2.24, 2.45) is 5.73 Å². The highest BCUT2D eigenvalue weighted by atomic mass is 79.9. The number of aliphatic hydroxyl groups excluding tert-OH is 1. The quantitative estimate of drug-likeness (QED) is 0.345. The Morgan fingerprint density at radius 2 is 2.14 bits per heavy atom. The number of carboxylic acid groups (broad SMARTS) is 1. The van der Waals surface area contributed by atoms with Gasteiger partial charge in [-0.25, -0.2) is 14.5 Å². The number of nitrogens with zero attached hydrogens (tertiary/aromatic N) is 2. The second-order valence-corrected chi connectivity index (χ2v) is 4.93. The Labute approximate surface area is 126 Å². The second-order valence-electron chi connectivity index (χ2n) is 4.14. The molecule has 11 heteroatoms. The van der Waals surface area contributed by atoms with Crippen molar-refractivity contribution in [1.29, 1.82) is 0 Å². The minimum absolute atomic E-state index is 0.00933. The Bertz CT molecular complexity index is 570. The number of carbonyl (C=O) groups is 2. The number of aliphatic hydroxyl groups is 1. The van der Waals surface area contributed by atoms with Gasteiger partial charge in [-0.1, -0.05) is 15.9 Å². The van der Waals surface area contributed by atoms with E-state index in [-0.39, 0.29) is 11.9 Å². The summed E-state index contributed by atoms with van der Waals surface area (Å²) in [5, 5.41) is 28.8. The molecular weight excluding hydrogens is 352 g/mol. The smallest absolute Gasteiger partial charge is 0.347 e. The zero-order valence-corrected chi connectivity index (χ0v) is 12.4. The molecule has 0 saturated heterocycles. The molecule has 6 N–H and O–H groups in total. The summed E-state index contributed by atoms with van der Waals surface area (Å²) in [5.74, 6) is -2.72. The first kappa shape index (κ1) is 17.2. The molecule has 0 aliphatic heterocycles. The molecule has 0 aromatic carbocycles. The average molecular weight is 367 g/mol. The van der Waals surface area contributed by atoms with E-state index < -0.39 is 42.0 Å². The van der Waals surface area contributed by atoms with Crippen LogP contribution in [0.15, 0.2) is 11.0 Å². The van der Waals surface area contributed by atoms with Crippen LogP contribution >= 0.6 is 15.9 Å². The van der Waals surface area contributed by atoms with Crippen molar-refractivity contribution in [3.8, 4) is 5.88 Å². The number of rotatable bonds is 7. The van der Waals surface area contributed by atoms with E-state index in [4.69, 9.17) is 10.8 Å². The van der Waals surface area contributed by atoms with Crippen LogP contribution in [0.3, 0.4) is 0 Å². The van der Waals surface area contributed by atoms with E-state index in [0.717, 1.165) is 15.9 Å². The van der Waals surface area contributed by atoms with Gasteiger partial charge in [0.15, 0.2) is 0 Å². The van der Waals surface area contributed by atoms with E-state index in [2.05, 4.69) is 20.9 Å². The maximum atomic E-state index is 12.1. The number of alkyl halides is 1. The molecule has 0 radical (unpaired) electrons. The number of nitrogens with two attached hydrogens (primary N) is 1. The van der Waals surface area contributed by atoms with E-state index >= 15 is 0 Å². The Morgan fingerprint density at radius 3 is 2.57 bits per heavy atom. The molecule has 10 nitrogen and oxygen atoms in total. The Hall–Kier alpha value is -1.85. The topological polar surface area (TPSA) is 162 Å². The van der Waals surface area contributed by atoms with Crippen molar-refractivity contribution >= 4 is 27.8 Å². The molecule has 1 amide bonds. The minimum Gasteiger partial charge on any atom is -0.493 e. The molecule has 0 saturated carbocycles. The molecule has 0 aliphatic rings. The predicted octanol–water partition coefficient (Wildman–Crippen LogP) is -2.10. The van der Waals surface area contributed by atoms with Crippen LogP contribution in [-0.4, -0.2) is 60.9 Å². The van der Waals surface area contributed by atoms with Gasteiger partial charge in [0.25, 0.3) is 5.91 Å². The number of aromatic nitrogens is 2. The number of carbonyl (C=O) groups excluding carboxylic acids is 1. The molecular formula is C10H15BrN4O6. The van der Waals surface area contributed by atoms with Crippen molar-refractivity contribution in [3.63, 3.8) is 0 Å². The molecule has 0 spiro atoms. The molecule has 1 rings (SSSR count). The summed E-state index contributed by atoms with van der Waals surface area (Å²) in [6, 6.07) is -1.41. The lowest BCUT2D eigenvalue weighted by molar-refractivity contribution is -0.140. The van der Waals surface area contributed by atoms with Crippen LogP contribution < -0.4 is 16.4 Å². The van der Waals surface area contributed by atoms with Crippen LogP contribution in [0.25, 0.3) is 0 Å². The van der Waals surface area contributed by atoms with E-state index in [0.29, 0.717) is 0 Å². The van der Waals surface area contributed by atoms with Gasteiger partial charge >= 0.3 is 11.7 Å². The molecule has 1 unspecified atom stereocenters. The first-order chi connectivity index (χ1) is 9.77. The van der Waals surface area contributed by atoms with Crippen LogP contribution in [0, 0.1) is 0 Å². The summed E-state index contributed by atoms with van der Waals surface area (Å²) >= 11 is 3.09. The van der Waals surface area contributed by atoms with Gasteiger partial charge < -0.3 is 21.1 Å². The summed E-state index contributed by atoms with van der Waals surface area (Å²) < 4.78 is 0.786. The van der Waals surface area contributed by atoms with Crippen molar-refractivity contribution in [2.75, 3.05) is 16.9 Å². The van der Waals surface area contributed by atoms with Gasteiger partial charge in [0.2, 0.25) is 5.88 Å². The standard InChI is InChI=1S/C10H15BrN4O6/c11-1-2-14(15-4-7(17)13-10(15)21)8(18)6(16)3-5(12)9(19)20/h4-6,16-17H,1-3,12H2,(H,13,21)(H,19,20)/t5-,6?/m0/s1. The van der Waals surface area contributed by atoms with Crippen LogP contribution in [0.5, 0.6) is 5.88 Å². The average Bonchev–Trinajstić information content (AvgIpc) is 2.73. The molecule has 2 atom stereocenters. The zero-order chi connectivity index (χ0) is 16.2. The van der Waals surface area contributed by atoms with Crippen molar-refractivity contribution in [2.45, 2.75) is 18.6 Å². The lowest BCUT2D eigenvalue weighted by atomic mass is 10.1. The largest absolute Gasteiger partial charge is 0.493 e. The van der Waals surface area contributed by atoms with Gasteiger partial charge in [0.1, 0.15) is 12.1 Å². The predicted molar refractivity (Wildman–Crippen MR) is 74.8 cm³/mol. The number of hydrogen-bond donors (Lipinski definition) is 5. The van der Waals surface area contributed by atoms with Crippen LogP contribution in [0.4, 0.5) is 0 Å². The van der Waals surface area contributed by atoms with Crippen LogP contribution in [0.2, 0.25) is 0 Å². The summed E-state index contributed by atoms with van der Waals surface area (Å²) in [7, 11) is 0. The number of imidazole rings is 1. The van der Waals surface area contributed by atoms with E-state index in [9.17, 15) is 24.6 Å². The lowest BCUT2D eigenvalue weighted by Crippen LogP contribution is -2.52. The number of carboxylic acids is 1. The monoisotopic (exact) mass is 366 g/mol. The zero-order valence-electron chi connectivity index (χ0n) is 10.8. The van der Waals surface area contributed by atoms with Gasteiger partial charge in [-0.05, 0) is 0 Å². The highest BCUT2D eigenvalue weighted by Gasteiger charge is 2.28. The molecule has 21 heavy (non-hydrogen) atoms. The van der Waals surface area contributed by atoms with Gasteiger partial charge in [0, 0.05) is 11.8 Å². The minimum atomic E-state index is -1.70. The highest BCUT2D eigenvalue weighted by molar-refractivity contribution is 9.09. The summed E-state index contributed by atoms with van der Waals surface area (Å²) in [6.45, 7) is 0.00933. The summed E-state index contributed by atoms with van der Waals surface area (Å²) in [6.07, 6.45) is -1.23. The number of aromatic hydroxyl groups is 1. The van der Waals surface area contributed by atoms with Crippen LogP contribution in [0.1, 0.15) is 6.42 Å². The third-order valence-corrected chi connectivity index (χ3v) is 2.93. The summed E-state index contributed by atoms with van der Waals surface area (Å²) in [5.41, 5.74) is 4.47. The Morgan fingerprint density at radius 1 is 1.52 bits per heavy atom. The Balaban J connectivity index is 2.95. The molecule has 0 aliphatic carbocycles. The molecule has 0 fully saturated rings. The maximum Gasteiger partial charge on any atom is 0.347 e. The fourth-order valence-electron chi connectivity index (χ4n) is 1.57. The summed E-state index contributed by atoms with van der Waals surface area (Å²) in [4.78, 5) is 36.3. The van der Waals surface area contributed by atoms with Crippen molar-refractivity contribution in [3.05, 3.63) is 16.7 Å². The van der Waals surface area contributed by atoms with Gasteiger partial charge in [-0.3, -0.25) is 14.6 Å². The van der Waals surface area contributed by atoms with E-state index in [1.165, 1.54) is 0 Å². The number of hydrogen-bond acceptors (Lipinski definition) is 6. The first-order valence-electron chi connectivity index (χ1n) is 5.82. The van der Waals surface area contributed by atoms with Gasteiger partial charge in [-0.2, -0.15) is 0 Å². The fourth-order valence-corrected chi connectivity index (χ4v) is 1.91. The maximum absolute atomic E-state index is 12.1. The SMILES string of the molecule is N[C@@H](CC(O)C(=O)N(CCBr)n1cc(O)[nH]c1=O)C(=O)O. The van der Waals surface area contributed by atoms with Gasteiger partial charge in [-0.15, -0.1) is 0 Å². The highest BCUT2D eigenvalue weighted by Crippen LogP contribution is 2.05. The molecule has 118 valence electrons. The Kier molecular flexibility index (Phi) is 5.93. The number of aromatic amines is 1. The van der Waals surface area contributed by atoms with Crippen LogP contribution in [-0.2, 0) is 9.59 Å². The number of halogens is 1. The van der Waals surface area contributed by atoms with E-state index in [1.54, 1.807) is 0 Å². The normalized spacial score (nSPS) is 13.7. The third kappa shape index (κ3) is 4.31. The number of amides is 1.